The summed E-state index contributed by atoms with van der Waals surface area (Å²) in [6.07, 6.45) is 0.762. The fourth-order valence-electron chi connectivity index (χ4n) is 5.36. The lowest BCUT2D eigenvalue weighted by molar-refractivity contribution is -0.126. The first-order valence-electron chi connectivity index (χ1n) is 13.6. The molecule has 1 aromatic carbocycles. The van der Waals surface area contributed by atoms with E-state index in [1.807, 2.05) is 11.9 Å². The van der Waals surface area contributed by atoms with Crippen LogP contribution in [-0.2, 0) is 9.53 Å². The second kappa shape index (κ2) is 12.2. The predicted molar refractivity (Wildman–Crippen MR) is 145 cm³/mol. The first-order valence-corrected chi connectivity index (χ1v) is 13.6. The lowest BCUT2D eigenvalue weighted by atomic mass is 9.96. The van der Waals surface area contributed by atoms with Crippen molar-refractivity contribution in [3.8, 4) is 5.82 Å². The van der Waals surface area contributed by atoms with Gasteiger partial charge in [-0.1, -0.05) is 18.6 Å². The molecule has 3 aromatic rings. The summed E-state index contributed by atoms with van der Waals surface area (Å²) in [4.78, 5) is 29.2. The number of para-hydroxylation sites is 2. The van der Waals surface area contributed by atoms with Gasteiger partial charge in [0.2, 0.25) is 11.9 Å². The summed E-state index contributed by atoms with van der Waals surface area (Å²) in [5.41, 5.74) is 7.13. The van der Waals surface area contributed by atoms with Crippen LogP contribution in [0.3, 0.4) is 0 Å². The van der Waals surface area contributed by atoms with Crippen molar-refractivity contribution < 1.29 is 18.3 Å². The summed E-state index contributed by atoms with van der Waals surface area (Å²) in [5, 5.41) is 3.39. The van der Waals surface area contributed by atoms with Crippen LogP contribution in [0, 0.1) is 11.8 Å². The Morgan fingerprint density at radius 3 is 2.69 bits per heavy atom. The average Bonchev–Trinajstić information content (AvgIpc) is 3.50. The number of alkyl halides is 2. The van der Waals surface area contributed by atoms with Crippen molar-refractivity contribution in [2.24, 2.45) is 17.6 Å². The van der Waals surface area contributed by atoms with Crippen LogP contribution in [0.5, 0.6) is 0 Å². The number of aromatic nitrogens is 4. The number of fused-ring (bicyclic) bond motifs is 1. The molecule has 2 atom stereocenters. The monoisotopic (exact) mass is 542 g/mol. The SMILES string of the molecule is CN1CC(CCC[C@@H](CN)CNc2cc(-n3c(C(F)F)nc4ccccc43)nc(N3CCOCC3)n2)CC1=O. The minimum Gasteiger partial charge on any atom is -0.378 e. The number of imidazole rings is 1. The third-order valence-corrected chi connectivity index (χ3v) is 7.56. The first kappa shape index (κ1) is 27.2. The Morgan fingerprint density at radius 2 is 1.97 bits per heavy atom. The molecule has 39 heavy (non-hydrogen) atoms. The van der Waals surface area contributed by atoms with E-state index in [9.17, 15) is 13.6 Å². The topological polar surface area (TPSA) is 114 Å². The summed E-state index contributed by atoms with van der Waals surface area (Å²) in [7, 11) is 1.85. The second-order valence-corrected chi connectivity index (χ2v) is 10.4. The van der Waals surface area contributed by atoms with Crippen LogP contribution < -0.4 is 16.0 Å². The molecule has 0 aliphatic carbocycles. The number of morpholine rings is 1. The fraction of sp³-hybridized carbons (Fsp3) is 0.556. The van der Waals surface area contributed by atoms with E-state index in [1.54, 1.807) is 35.2 Å². The number of anilines is 2. The van der Waals surface area contributed by atoms with E-state index < -0.39 is 6.43 Å². The minimum atomic E-state index is -2.77. The van der Waals surface area contributed by atoms with Gasteiger partial charge >= 0.3 is 0 Å². The molecular weight excluding hydrogens is 506 g/mol. The third-order valence-electron chi connectivity index (χ3n) is 7.56. The van der Waals surface area contributed by atoms with Gasteiger partial charge in [0.05, 0.1) is 24.2 Å². The number of likely N-dealkylation sites (tertiary alicyclic amines) is 1. The Balaban J connectivity index is 1.36. The van der Waals surface area contributed by atoms with Crippen LogP contribution in [0.1, 0.15) is 37.9 Å². The van der Waals surface area contributed by atoms with Gasteiger partial charge in [-0.3, -0.25) is 9.36 Å². The number of rotatable bonds is 11. The van der Waals surface area contributed by atoms with Gasteiger partial charge in [-0.25, -0.2) is 13.8 Å². The van der Waals surface area contributed by atoms with E-state index in [0.717, 1.165) is 25.8 Å². The van der Waals surface area contributed by atoms with Crippen molar-refractivity contribution in [2.45, 2.75) is 32.1 Å². The minimum absolute atomic E-state index is 0.204. The van der Waals surface area contributed by atoms with E-state index in [-0.39, 0.29) is 17.6 Å². The van der Waals surface area contributed by atoms with Crippen LogP contribution in [0.4, 0.5) is 20.5 Å². The second-order valence-electron chi connectivity index (χ2n) is 10.4. The highest BCUT2D eigenvalue weighted by Gasteiger charge is 2.27. The fourth-order valence-corrected chi connectivity index (χ4v) is 5.36. The van der Waals surface area contributed by atoms with E-state index in [0.29, 0.717) is 80.3 Å². The molecule has 0 saturated carbocycles. The third kappa shape index (κ3) is 6.27. The highest BCUT2D eigenvalue weighted by atomic mass is 19.3. The summed E-state index contributed by atoms with van der Waals surface area (Å²) in [5.74, 6) is 1.80. The largest absolute Gasteiger partial charge is 0.378 e. The lowest BCUT2D eigenvalue weighted by Crippen LogP contribution is -2.37. The van der Waals surface area contributed by atoms with Gasteiger partial charge in [0.1, 0.15) is 11.6 Å². The number of carbonyl (C=O) groups is 1. The van der Waals surface area contributed by atoms with Gasteiger partial charge in [-0.2, -0.15) is 9.97 Å². The summed E-state index contributed by atoms with van der Waals surface area (Å²) < 4.78 is 35.0. The van der Waals surface area contributed by atoms with Crippen molar-refractivity contribution in [1.82, 2.24) is 24.4 Å². The zero-order valence-corrected chi connectivity index (χ0v) is 22.2. The maximum Gasteiger partial charge on any atom is 0.296 e. The van der Waals surface area contributed by atoms with Gasteiger partial charge in [-0.05, 0) is 43.4 Å². The van der Waals surface area contributed by atoms with Crippen LogP contribution >= 0.6 is 0 Å². The van der Waals surface area contributed by atoms with Gasteiger partial charge in [0, 0.05) is 45.7 Å². The molecule has 2 saturated heterocycles. The number of hydrogen-bond acceptors (Lipinski definition) is 8. The Bertz CT molecular complexity index is 1280. The molecule has 0 bridgehead atoms. The van der Waals surface area contributed by atoms with Crippen molar-refractivity contribution >= 4 is 28.7 Å². The summed E-state index contributed by atoms with van der Waals surface area (Å²) >= 11 is 0. The summed E-state index contributed by atoms with van der Waals surface area (Å²) in [6.45, 7) is 4.23. The van der Waals surface area contributed by atoms with E-state index in [1.165, 1.54) is 4.57 Å². The molecular formula is C27H36F2N8O2. The van der Waals surface area contributed by atoms with Crippen molar-refractivity contribution in [3.63, 3.8) is 0 Å². The molecule has 0 spiro atoms. The molecule has 2 aromatic heterocycles. The number of benzene rings is 1. The number of halogens is 2. The van der Waals surface area contributed by atoms with E-state index in [4.69, 9.17) is 20.4 Å². The van der Waals surface area contributed by atoms with Gasteiger partial charge in [0.25, 0.3) is 6.43 Å². The van der Waals surface area contributed by atoms with Crippen molar-refractivity contribution in [1.29, 1.82) is 0 Å². The molecule has 0 radical (unpaired) electrons. The Morgan fingerprint density at radius 1 is 1.18 bits per heavy atom. The number of hydrogen-bond donors (Lipinski definition) is 2. The molecule has 3 N–H and O–H groups in total. The molecule has 2 aliphatic rings. The Hall–Kier alpha value is -3.38. The molecule has 2 aliphatic heterocycles. The predicted octanol–water partition coefficient (Wildman–Crippen LogP) is 3.23. The zero-order chi connectivity index (χ0) is 27.4. The van der Waals surface area contributed by atoms with Crippen LogP contribution in [0.25, 0.3) is 16.9 Å². The van der Waals surface area contributed by atoms with Crippen molar-refractivity contribution in [2.75, 3.05) is 63.2 Å². The van der Waals surface area contributed by atoms with Crippen LogP contribution in [0.15, 0.2) is 30.3 Å². The molecule has 12 heteroatoms. The molecule has 10 nitrogen and oxygen atoms in total. The van der Waals surface area contributed by atoms with Crippen LogP contribution in [-0.4, -0.2) is 83.3 Å². The normalized spacial score (nSPS) is 18.9. The number of amides is 1. The van der Waals surface area contributed by atoms with E-state index in [2.05, 4.69) is 10.3 Å². The highest BCUT2D eigenvalue weighted by Crippen LogP contribution is 2.29. The smallest absolute Gasteiger partial charge is 0.296 e. The first-order chi connectivity index (χ1) is 18.9. The van der Waals surface area contributed by atoms with Crippen molar-refractivity contribution in [3.05, 3.63) is 36.2 Å². The maximum atomic E-state index is 14.1. The van der Waals surface area contributed by atoms with Gasteiger partial charge < -0.3 is 25.6 Å². The molecule has 210 valence electrons. The molecule has 1 amide bonds. The standard InChI is InChI=1S/C27H36F2N8O2/c1-35-17-18(13-24(35)38)5-4-6-19(15-30)16-31-22-14-23(34-27(33-22)36-9-11-39-12-10-36)37-21-8-3-2-7-20(21)32-26(37)25(28)29/h2-3,7-8,14,18-19,25H,4-6,9-13,15-17,30H2,1H3,(H,31,33,34)/t18?,19-/m0/s1. The quantitative estimate of drug-likeness (QED) is 0.380. The number of carbonyl (C=O) groups excluding carboxylic acids is 1. The Labute approximate surface area is 226 Å². The van der Waals surface area contributed by atoms with Crippen LogP contribution in [0.2, 0.25) is 0 Å². The molecule has 2 fully saturated rings. The zero-order valence-electron chi connectivity index (χ0n) is 22.2. The lowest BCUT2D eigenvalue weighted by Gasteiger charge is -2.27. The summed E-state index contributed by atoms with van der Waals surface area (Å²) in [6, 6.07) is 8.74. The van der Waals surface area contributed by atoms with E-state index >= 15 is 0 Å². The average molecular weight is 543 g/mol. The molecule has 4 heterocycles. The molecule has 1 unspecified atom stereocenters. The Kier molecular flexibility index (Phi) is 8.51. The number of nitrogens with two attached hydrogens (primary N) is 1. The maximum absolute atomic E-state index is 14.1. The number of nitrogens with zero attached hydrogens (tertiary/aromatic N) is 6. The number of nitrogens with one attached hydrogen (secondary N) is 1. The van der Waals surface area contributed by atoms with Gasteiger partial charge in [-0.15, -0.1) is 0 Å². The highest BCUT2D eigenvalue weighted by molar-refractivity contribution is 5.78. The number of ether oxygens (including phenoxy) is 1. The van der Waals surface area contributed by atoms with Gasteiger partial charge in [0.15, 0.2) is 5.82 Å². The molecule has 5 rings (SSSR count).